The van der Waals surface area contributed by atoms with Gasteiger partial charge in [0.15, 0.2) is 11.4 Å². The van der Waals surface area contributed by atoms with Crippen LogP contribution in [0.5, 0.6) is 0 Å². The SMILES string of the molecule is CN[C@@H]1CCN(c2ncnc3c4c(oc23)CCCC4)C1. The number of hydrogen-bond acceptors (Lipinski definition) is 5. The second kappa shape index (κ2) is 4.74. The molecule has 106 valence electrons. The first-order chi connectivity index (χ1) is 9.86. The molecule has 1 saturated heterocycles. The lowest BCUT2D eigenvalue weighted by atomic mass is 9.98. The predicted octanol–water partition coefficient (Wildman–Crippen LogP) is 1.90. The average molecular weight is 272 g/mol. The minimum Gasteiger partial charge on any atom is -0.455 e. The number of hydrogen-bond donors (Lipinski definition) is 1. The van der Waals surface area contributed by atoms with Crippen molar-refractivity contribution in [2.45, 2.75) is 38.1 Å². The van der Waals surface area contributed by atoms with Crippen molar-refractivity contribution in [3.63, 3.8) is 0 Å². The second-order valence-corrected chi connectivity index (χ2v) is 5.81. The van der Waals surface area contributed by atoms with Crippen molar-refractivity contribution >= 4 is 16.9 Å². The molecule has 20 heavy (non-hydrogen) atoms. The van der Waals surface area contributed by atoms with E-state index in [1.165, 1.54) is 18.4 Å². The zero-order valence-corrected chi connectivity index (χ0v) is 11.9. The van der Waals surface area contributed by atoms with Crippen molar-refractivity contribution in [1.29, 1.82) is 0 Å². The zero-order valence-electron chi connectivity index (χ0n) is 11.9. The van der Waals surface area contributed by atoms with E-state index in [1.807, 2.05) is 7.05 Å². The number of fused-ring (bicyclic) bond motifs is 3. The van der Waals surface area contributed by atoms with E-state index in [0.29, 0.717) is 6.04 Å². The van der Waals surface area contributed by atoms with E-state index in [0.717, 1.165) is 55.0 Å². The van der Waals surface area contributed by atoms with Gasteiger partial charge < -0.3 is 14.6 Å². The minimum absolute atomic E-state index is 0.546. The van der Waals surface area contributed by atoms with E-state index < -0.39 is 0 Å². The first-order valence-electron chi connectivity index (χ1n) is 7.54. The Morgan fingerprint density at radius 1 is 1.30 bits per heavy atom. The Morgan fingerprint density at radius 3 is 3.05 bits per heavy atom. The molecule has 1 aliphatic carbocycles. The summed E-state index contributed by atoms with van der Waals surface area (Å²) in [6, 6.07) is 0.546. The van der Waals surface area contributed by atoms with Crippen LogP contribution in [0, 0.1) is 0 Å². The molecule has 2 aromatic heterocycles. The maximum Gasteiger partial charge on any atom is 0.195 e. The quantitative estimate of drug-likeness (QED) is 0.905. The smallest absolute Gasteiger partial charge is 0.195 e. The first-order valence-corrected chi connectivity index (χ1v) is 7.54. The molecule has 5 nitrogen and oxygen atoms in total. The third-order valence-corrected chi connectivity index (χ3v) is 4.61. The minimum atomic E-state index is 0.546. The molecule has 0 unspecified atom stereocenters. The van der Waals surface area contributed by atoms with Crippen molar-refractivity contribution in [2.24, 2.45) is 0 Å². The highest BCUT2D eigenvalue weighted by Gasteiger charge is 2.27. The molecule has 0 aromatic carbocycles. The lowest BCUT2D eigenvalue weighted by molar-refractivity contribution is 0.505. The number of nitrogens with zero attached hydrogens (tertiary/aromatic N) is 3. The second-order valence-electron chi connectivity index (χ2n) is 5.81. The van der Waals surface area contributed by atoms with E-state index >= 15 is 0 Å². The number of likely N-dealkylation sites (N-methyl/N-ethyl adjacent to an activating group) is 1. The number of furan rings is 1. The van der Waals surface area contributed by atoms with Crippen LogP contribution in [-0.2, 0) is 12.8 Å². The summed E-state index contributed by atoms with van der Waals surface area (Å²) in [7, 11) is 2.02. The van der Waals surface area contributed by atoms with Crippen LogP contribution in [0.3, 0.4) is 0 Å². The Balaban J connectivity index is 1.78. The Bertz CT molecular complexity index is 636. The van der Waals surface area contributed by atoms with Crippen molar-refractivity contribution in [1.82, 2.24) is 15.3 Å². The van der Waals surface area contributed by atoms with Crippen LogP contribution in [0.4, 0.5) is 5.82 Å². The van der Waals surface area contributed by atoms with Gasteiger partial charge in [-0.2, -0.15) is 0 Å². The van der Waals surface area contributed by atoms with Gasteiger partial charge in [-0.25, -0.2) is 9.97 Å². The van der Waals surface area contributed by atoms with Gasteiger partial charge in [-0.05, 0) is 32.7 Å². The van der Waals surface area contributed by atoms with Crippen LogP contribution in [-0.4, -0.2) is 36.1 Å². The summed E-state index contributed by atoms with van der Waals surface area (Å²) in [4.78, 5) is 11.3. The van der Waals surface area contributed by atoms with Gasteiger partial charge in [-0.1, -0.05) is 0 Å². The van der Waals surface area contributed by atoms with Crippen LogP contribution in [0.15, 0.2) is 10.7 Å². The molecule has 0 radical (unpaired) electrons. The summed E-state index contributed by atoms with van der Waals surface area (Å²) < 4.78 is 6.12. The molecule has 0 bridgehead atoms. The van der Waals surface area contributed by atoms with E-state index in [-0.39, 0.29) is 0 Å². The van der Waals surface area contributed by atoms with Gasteiger partial charge in [0.25, 0.3) is 0 Å². The summed E-state index contributed by atoms with van der Waals surface area (Å²) >= 11 is 0. The Morgan fingerprint density at radius 2 is 2.20 bits per heavy atom. The van der Waals surface area contributed by atoms with E-state index in [9.17, 15) is 0 Å². The fraction of sp³-hybridized carbons (Fsp3) is 0.600. The van der Waals surface area contributed by atoms with E-state index in [4.69, 9.17) is 4.42 Å². The number of aromatic nitrogens is 2. The van der Waals surface area contributed by atoms with Gasteiger partial charge in [0.05, 0.1) is 0 Å². The molecule has 3 heterocycles. The standard InChI is InChI=1S/C15H20N4O/c1-16-10-6-7-19(8-10)15-14-13(17-9-18-15)11-4-2-3-5-12(11)20-14/h9-10,16H,2-8H2,1H3/t10-/m1/s1. The number of anilines is 1. The third kappa shape index (κ3) is 1.80. The monoisotopic (exact) mass is 272 g/mol. The molecule has 5 heteroatoms. The molecular weight excluding hydrogens is 252 g/mol. The van der Waals surface area contributed by atoms with Crippen LogP contribution in [0.2, 0.25) is 0 Å². The predicted molar refractivity (Wildman–Crippen MR) is 78.1 cm³/mol. The summed E-state index contributed by atoms with van der Waals surface area (Å²) in [5, 5.41) is 3.34. The number of rotatable bonds is 2. The first kappa shape index (κ1) is 12.1. The van der Waals surface area contributed by atoms with E-state index in [2.05, 4.69) is 20.2 Å². The molecule has 1 N–H and O–H groups in total. The fourth-order valence-corrected chi connectivity index (χ4v) is 3.45. The lowest BCUT2D eigenvalue weighted by Crippen LogP contribution is -2.29. The number of aryl methyl sites for hydroxylation is 2. The van der Waals surface area contributed by atoms with Gasteiger partial charge in [0.2, 0.25) is 0 Å². The van der Waals surface area contributed by atoms with Gasteiger partial charge in [-0.15, -0.1) is 0 Å². The highest BCUT2D eigenvalue weighted by atomic mass is 16.3. The number of nitrogens with one attached hydrogen (secondary N) is 1. The molecule has 0 amide bonds. The molecule has 0 spiro atoms. The molecule has 0 saturated carbocycles. The van der Waals surface area contributed by atoms with Crippen LogP contribution in [0.1, 0.15) is 30.6 Å². The van der Waals surface area contributed by atoms with Crippen LogP contribution in [0.25, 0.3) is 11.1 Å². The molecule has 1 fully saturated rings. The summed E-state index contributed by atoms with van der Waals surface area (Å²) in [6.45, 7) is 2.02. The van der Waals surface area contributed by atoms with Crippen molar-refractivity contribution in [2.75, 3.05) is 25.0 Å². The van der Waals surface area contributed by atoms with Crippen LogP contribution >= 0.6 is 0 Å². The Kier molecular flexibility index (Phi) is 2.88. The normalized spacial score (nSPS) is 22.4. The van der Waals surface area contributed by atoms with Crippen molar-refractivity contribution in [3.8, 4) is 0 Å². The maximum atomic E-state index is 6.12. The Hall–Kier alpha value is -1.62. The lowest BCUT2D eigenvalue weighted by Gasteiger charge is -2.16. The fourth-order valence-electron chi connectivity index (χ4n) is 3.45. The van der Waals surface area contributed by atoms with Gasteiger partial charge in [0.1, 0.15) is 17.6 Å². The molecule has 4 rings (SSSR count). The van der Waals surface area contributed by atoms with Gasteiger partial charge in [-0.3, -0.25) is 0 Å². The summed E-state index contributed by atoms with van der Waals surface area (Å²) in [5.74, 6) is 2.11. The highest BCUT2D eigenvalue weighted by molar-refractivity contribution is 5.87. The Labute approximate surface area is 118 Å². The largest absolute Gasteiger partial charge is 0.455 e. The molecular formula is C15H20N4O. The zero-order chi connectivity index (χ0) is 13.5. The van der Waals surface area contributed by atoms with Gasteiger partial charge >= 0.3 is 0 Å². The average Bonchev–Trinajstić information content (AvgIpc) is 3.11. The van der Waals surface area contributed by atoms with Crippen molar-refractivity contribution in [3.05, 3.63) is 17.7 Å². The molecule has 2 aromatic rings. The third-order valence-electron chi connectivity index (χ3n) is 4.61. The van der Waals surface area contributed by atoms with Crippen molar-refractivity contribution < 1.29 is 4.42 Å². The molecule has 2 aliphatic rings. The van der Waals surface area contributed by atoms with Gasteiger partial charge in [0, 0.05) is 31.1 Å². The maximum absolute atomic E-state index is 6.12. The molecule has 1 atom stereocenters. The summed E-state index contributed by atoms with van der Waals surface area (Å²) in [6.07, 6.45) is 7.45. The highest BCUT2D eigenvalue weighted by Crippen LogP contribution is 2.35. The molecule has 1 aliphatic heterocycles. The van der Waals surface area contributed by atoms with E-state index in [1.54, 1.807) is 6.33 Å². The topological polar surface area (TPSA) is 54.2 Å². The summed E-state index contributed by atoms with van der Waals surface area (Å²) in [5.41, 5.74) is 3.26. The van der Waals surface area contributed by atoms with Crippen LogP contribution < -0.4 is 10.2 Å².